The lowest BCUT2D eigenvalue weighted by Crippen LogP contribution is -2.29. The van der Waals surface area contributed by atoms with Gasteiger partial charge in [0, 0.05) is 12.3 Å². The van der Waals surface area contributed by atoms with E-state index in [1.807, 2.05) is 20.8 Å². The highest BCUT2D eigenvalue weighted by molar-refractivity contribution is 5.94. The SMILES string of the molecule is Cc1ccc(F)cc1NC(=O)[C@H](C)OCC(C)C. The van der Waals surface area contributed by atoms with Gasteiger partial charge >= 0.3 is 0 Å². The molecule has 0 spiro atoms. The zero-order chi connectivity index (χ0) is 13.7. The van der Waals surface area contributed by atoms with Gasteiger partial charge in [-0.15, -0.1) is 0 Å². The van der Waals surface area contributed by atoms with E-state index >= 15 is 0 Å². The number of hydrogen-bond donors (Lipinski definition) is 1. The maximum absolute atomic E-state index is 13.1. The molecule has 0 aliphatic carbocycles. The molecule has 4 heteroatoms. The molecule has 18 heavy (non-hydrogen) atoms. The minimum atomic E-state index is -0.546. The van der Waals surface area contributed by atoms with Crippen molar-refractivity contribution in [1.29, 1.82) is 0 Å². The summed E-state index contributed by atoms with van der Waals surface area (Å²) >= 11 is 0. The third-order valence-electron chi connectivity index (χ3n) is 2.51. The maximum Gasteiger partial charge on any atom is 0.253 e. The Morgan fingerprint density at radius 2 is 2.06 bits per heavy atom. The molecule has 0 aliphatic heterocycles. The summed E-state index contributed by atoms with van der Waals surface area (Å²) in [5.41, 5.74) is 1.31. The maximum atomic E-state index is 13.1. The zero-order valence-electron chi connectivity index (χ0n) is 11.3. The van der Waals surface area contributed by atoms with E-state index in [9.17, 15) is 9.18 Å². The van der Waals surface area contributed by atoms with Gasteiger partial charge in [0.1, 0.15) is 11.9 Å². The average Bonchev–Trinajstić information content (AvgIpc) is 2.30. The highest BCUT2D eigenvalue weighted by atomic mass is 19.1. The molecule has 0 unspecified atom stereocenters. The molecule has 1 N–H and O–H groups in total. The second kappa shape index (κ2) is 6.50. The van der Waals surface area contributed by atoms with Gasteiger partial charge in [0.2, 0.25) is 0 Å². The number of ether oxygens (including phenoxy) is 1. The Balaban J connectivity index is 2.61. The Hall–Kier alpha value is -1.42. The van der Waals surface area contributed by atoms with E-state index in [1.54, 1.807) is 13.0 Å². The second-order valence-corrected chi connectivity index (χ2v) is 4.82. The highest BCUT2D eigenvalue weighted by Gasteiger charge is 2.15. The van der Waals surface area contributed by atoms with Crippen molar-refractivity contribution in [3.8, 4) is 0 Å². The number of carbonyl (C=O) groups is 1. The van der Waals surface area contributed by atoms with E-state index < -0.39 is 6.10 Å². The van der Waals surface area contributed by atoms with Crippen LogP contribution in [-0.4, -0.2) is 18.6 Å². The predicted molar refractivity (Wildman–Crippen MR) is 70.0 cm³/mol. The molecule has 0 radical (unpaired) electrons. The first-order valence-electron chi connectivity index (χ1n) is 6.08. The summed E-state index contributed by atoms with van der Waals surface area (Å²) in [6.07, 6.45) is -0.546. The standard InChI is InChI=1S/C14H20FNO2/c1-9(2)8-18-11(4)14(17)16-13-7-12(15)6-5-10(13)3/h5-7,9,11H,8H2,1-4H3,(H,16,17)/t11-/m0/s1. The summed E-state index contributed by atoms with van der Waals surface area (Å²) in [4.78, 5) is 11.8. The normalized spacial score (nSPS) is 12.6. The van der Waals surface area contributed by atoms with E-state index in [1.165, 1.54) is 12.1 Å². The van der Waals surface area contributed by atoms with Gasteiger partial charge in [-0.3, -0.25) is 4.79 Å². The fraction of sp³-hybridized carbons (Fsp3) is 0.500. The summed E-state index contributed by atoms with van der Waals surface area (Å²) in [5, 5.41) is 2.67. The van der Waals surface area contributed by atoms with Gasteiger partial charge in [0.15, 0.2) is 0 Å². The molecular weight excluding hydrogens is 233 g/mol. The fourth-order valence-corrected chi connectivity index (χ4v) is 1.38. The van der Waals surface area contributed by atoms with Gasteiger partial charge in [-0.2, -0.15) is 0 Å². The van der Waals surface area contributed by atoms with Crippen molar-refractivity contribution in [1.82, 2.24) is 0 Å². The Bertz CT molecular complexity index is 418. The van der Waals surface area contributed by atoms with E-state index in [-0.39, 0.29) is 11.7 Å². The van der Waals surface area contributed by atoms with Crippen LogP contribution in [0.5, 0.6) is 0 Å². The van der Waals surface area contributed by atoms with Crippen molar-refractivity contribution in [3.63, 3.8) is 0 Å². The van der Waals surface area contributed by atoms with Crippen molar-refractivity contribution < 1.29 is 13.9 Å². The molecule has 0 aromatic heterocycles. The molecule has 1 aromatic carbocycles. The van der Waals surface area contributed by atoms with Crippen molar-refractivity contribution in [2.75, 3.05) is 11.9 Å². The Morgan fingerprint density at radius 3 is 2.67 bits per heavy atom. The number of anilines is 1. The first kappa shape index (κ1) is 14.6. The van der Waals surface area contributed by atoms with Crippen LogP contribution in [0.15, 0.2) is 18.2 Å². The van der Waals surface area contributed by atoms with Crippen molar-refractivity contribution >= 4 is 11.6 Å². The fourth-order valence-electron chi connectivity index (χ4n) is 1.38. The summed E-state index contributed by atoms with van der Waals surface area (Å²) in [6, 6.07) is 4.30. The minimum absolute atomic E-state index is 0.260. The van der Waals surface area contributed by atoms with Crippen LogP contribution in [0.25, 0.3) is 0 Å². The molecule has 1 amide bonds. The van der Waals surface area contributed by atoms with Crippen LogP contribution < -0.4 is 5.32 Å². The zero-order valence-corrected chi connectivity index (χ0v) is 11.3. The highest BCUT2D eigenvalue weighted by Crippen LogP contribution is 2.16. The smallest absolute Gasteiger partial charge is 0.253 e. The number of halogens is 1. The number of benzene rings is 1. The Labute approximate surface area is 107 Å². The third-order valence-corrected chi connectivity index (χ3v) is 2.51. The van der Waals surface area contributed by atoms with E-state index in [2.05, 4.69) is 5.32 Å². The molecule has 0 heterocycles. The van der Waals surface area contributed by atoms with Crippen LogP contribution in [0.2, 0.25) is 0 Å². The molecule has 0 saturated heterocycles. The van der Waals surface area contributed by atoms with E-state index in [4.69, 9.17) is 4.74 Å². The predicted octanol–water partition coefficient (Wildman–Crippen LogP) is 3.13. The van der Waals surface area contributed by atoms with Gasteiger partial charge in [-0.25, -0.2) is 4.39 Å². The topological polar surface area (TPSA) is 38.3 Å². The number of carbonyl (C=O) groups excluding carboxylic acids is 1. The summed E-state index contributed by atoms with van der Waals surface area (Å²) in [6.45, 7) is 8.06. The lowest BCUT2D eigenvalue weighted by atomic mass is 10.2. The number of aryl methyl sites for hydroxylation is 1. The molecular formula is C14H20FNO2. The molecule has 100 valence electrons. The molecule has 0 fully saturated rings. The second-order valence-electron chi connectivity index (χ2n) is 4.82. The molecule has 0 bridgehead atoms. The number of hydrogen-bond acceptors (Lipinski definition) is 2. The third kappa shape index (κ3) is 4.45. The molecule has 1 atom stereocenters. The number of rotatable bonds is 5. The molecule has 1 aromatic rings. The van der Waals surface area contributed by atoms with E-state index in [0.717, 1.165) is 5.56 Å². The van der Waals surface area contributed by atoms with Gasteiger partial charge < -0.3 is 10.1 Å². The number of nitrogens with one attached hydrogen (secondary N) is 1. The quantitative estimate of drug-likeness (QED) is 0.875. The largest absolute Gasteiger partial charge is 0.368 e. The lowest BCUT2D eigenvalue weighted by Gasteiger charge is -2.15. The summed E-state index contributed by atoms with van der Waals surface area (Å²) < 4.78 is 18.5. The van der Waals surface area contributed by atoms with Crippen LogP contribution in [0.4, 0.5) is 10.1 Å². The van der Waals surface area contributed by atoms with Crippen molar-refractivity contribution in [2.45, 2.75) is 33.8 Å². The molecule has 0 aliphatic rings. The average molecular weight is 253 g/mol. The molecule has 0 saturated carbocycles. The first-order chi connectivity index (χ1) is 8.40. The van der Waals surface area contributed by atoms with Gasteiger partial charge in [-0.05, 0) is 37.5 Å². The van der Waals surface area contributed by atoms with Crippen molar-refractivity contribution in [2.24, 2.45) is 5.92 Å². The van der Waals surface area contributed by atoms with Gasteiger partial charge in [-0.1, -0.05) is 19.9 Å². The Morgan fingerprint density at radius 1 is 1.39 bits per heavy atom. The minimum Gasteiger partial charge on any atom is -0.368 e. The van der Waals surface area contributed by atoms with Gasteiger partial charge in [0.05, 0.1) is 0 Å². The van der Waals surface area contributed by atoms with Crippen LogP contribution in [0.3, 0.4) is 0 Å². The molecule has 1 rings (SSSR count). The number of amides is 1. The molecule has 3 nitrogen and oxygen atoms in total. The first-order valence-corrected chi connectivity index (χ1v) is 6.08. The summed E-state index contributed by atoms with van der Waals surface area (Å²) in [7, 11) is 0. The van der Waals surface area contributed by atoms with Crippen LogP contribution in [0, 0.1) is 18.7 Å². The monoisotopic (exact) mass is 253 g/mol. The van der Waals surface area contributed by atoms with E-state index in [0.29, 0.717) is 18.2 Å². The lowest BCUT2D eigenvalue weighted by molar-refractivity contribution is -0.126. The van der Waals surface area contributed by atoms with Crippen LogP contribution in [-0.2, 0) is 9.53 Å². The van der Waals surface area contributed by atoms with Gasteiger partial charge in [0.25, 0.3) is 5.91 Å². The Kier molecular flexibility index (Phi) is 5.28. The van der Waals surface area contributed by atoms with Crippen molar-refractivity contribution in [3.05, 3.63) is 29.6 Å². The van der Waals surface area contributed by atoms with Crippen LogP contribution in [0.1, 0.15) is 26.3 Å². The van der Waals surface area contributed by atoms with Crippen LogP contribution >= 0.6 is 0 Å². The summed E-state index contributed by atoms with van der Waals surface area (Å²) in [5.74, 6) is -0.257.